The molecule has 1 atom stereocenters. The molecule has 0 unspecified atom stereocenters. The molecule has 1 aromatic carbocycles. The van der Waals surface area contributed by atoms with E-state index in [9.17, 15) is 9.59 Å². The maximum atomic E-state index is 12.8. The van der Waals surface area contributed by atoms with E-state index in [4.69, 9.17) is 11.6 Å². The van der Waals surface area contributed by atoms with Crippen LogP contribution in [0.4, 0.5) is 11.5 Å². The van der Waals surface area contributed by atoms with Gasteiger partial charge in [-0.05, 0) is 49.9 Å². The average Bonchev–Trinajstić information content (AvgIpc) is 2.68. The number of nitrogens with one attached hydrogen (secondary N) is 2. The highest BCUT2D eigenvalue weighted by molar-refractivity contribution is 6.34. The van der Waals surface area contributed by atoms with E-state index in [1.165, 1.54) is 25.5 Å². The van der Waals surface area contributed by atoms with Gasteiger partial charge in [-0.15, -0.1) is 0 Å². The Balaban J connectivity index is 1.78. The molecule has 6 nitrogen and oxygen atoms in total. The molecule has 0 aliphatic heterocycles. The van der Waals surface area contributed by atoms with Crippen molar-refractivity contribution in [2.45, 2.75) is 45.1 Å². The van der Waals surface area contributed by atoms with Crippen molar-refractivity contribution in [1.82, 2.24) is 15.3 Å². The molecule has 1 aliphatic carbocycles. The zero-order chi connectivity index (χ0) is 19.4. The molecule has 7 heteroatoms. The van der Waals surface area contributed by atoms with Crippen molar-refractivity contribution in [1.29, 1.82) is 0 Å². The lowest BCUT2D eigenvalue weighted by Gasteiger charge is -2.28. The molecule has 2 aromatic rings. The predicted octanol–water partition coefficient (Wildman–Crippen LogP) is 3.89. The predicted molar refractivity (Wildman–Crippen MR) is 108 cm³/mol. The summed E-state index contributed by atoms with van der Waals surface area (Å²) in [6.45, 7) is 2.07. The smallest absolute Gasteiger partial charge is 0.346 e. The van der Waals surface area contributed by atoms with Crippen molar-refractivity contribution in [3.05, 3.63) is 51.5 Å². The highest BCUT2D eigenvalue weighted by Gasteiger charge is 2.23. The molecule has 1 saturated carbocycles. The highest BCUT2D eigenvalue weighted by atomic mass is 35.5. The van der Waals surface area contributed by atoms with Crippen LogP contribution < -0.4 is 15.9 Å². The number of nitrogens with zero attached hydrogens (tertiary/aromatic N) is 2. The third-order valence-electron chi connectivity index (χ3n) is 5.32. The molecular weight excluding hydrogens is 364 g/mol. The molecule has 0 bridgehead atoms. The Morgan fingerprint density at radius 3 is 2.74 bits per heavy atom. The van der Waals surface area contributed by atoms with Crippen molar-refractivity contribution in [2.24, 2.45) is 5.92 Å². The van der Waals surface area contributed by atoms with E-state index in [1.807, 2.05) is 6.07 Å². The largest absolute Gasteiger partial charge is 0.349 e. The van der Waals surface area contributed by atoms with Gasteiger partial charge in [0.1, 0.15) is 5.82 Å². The number of hydrogen-bond donors (Lipinski definition) is 2. The monoisotopic (exact) mass is 388 g/mol. The second-order valence-electron chi connectivity index (χ2n) is 7.14. The lowest BCUT2D eigenvalue weighted by atomic mass is 9.84. The Kier molecular flexibility index (Phi) is 6.16. The Morgan fingerprint density at radius 2 is 2.04 bits per heavy atom. The number of halogens is 1. The standard InChI is InChI=1S/C20H25ClN4O2/c1-13(14-6-4-3-5-7-14)23-19(26)16-12-15(8-9-17(16)21)25(2)18-10-11-22-20(27)24-18/h8-14H,3-7H2,1-2H3,(H,23,26)(H,22,24,27)/t13-/m1/s1. The summed E-state index contributed by atoms with van der Waals surface area (Å²) in [6.07, 6.45) is 7.52. The number of hydrogen-bond acceptors (Lipinski definition) is 4. The zero-order valence-electron chi connectivity index (χ0n) is 15.7. The van der Waals surface area contributed by atoms with Crippen molar-refractivity contribution in [2.75, 3.05) is 11.9 Å². The molecule has 2 N–H and O–H groups in total. The molecule has 27 heavy (non-hydrogen) atoms. The number of H-pyrrole nitrogens is 1. The summed E-state index contributed by atoms with van der Waals surface area (Å²) < 4.78 is 0. The molecule has 1 aliphatic rings. The summed E-state index contributed by atoms with van der Waals surface area (Å²) in [4.78, 5) is 32.3. The van der Waals surface area contributed by atoms with Crippen molar-refractivity contribution < 1.29 is 4.79 Å². The Bertz CT molecular complexity index is 861. The van der Waals surface area contributed by atoms with Gasteiger partial charge in [0.2, 0.25) is 0 Å². The number of aromatic nitrogens is 2. The van der Waals surface area contributed by atoms with E-state index in [2.05, 4.69) is 22.2 Å². The second kappa shape index (κ2) is 8.57. The van der Waals surface area contributed by atoms with Gasteiger partial charge in [-0.2, -0.15) is 0 Å². The van der Waals surface area contributed by atoms with Crippen LogP contribution >= 0.6 is 11.6 Å². The Hall–Kier alpha value is -2.34. The normalized spacial score (nSPS) is 16.0. The molecule has 1 heterocycles. The summed E-state index contributed by atoms with van der Waals surface area (Å²) in [5.74, 6) is 0.935. The Labute approximate surface area is 164 Å². The minimum absolute atomic E-state index is 0.117. The molecule has 0 radical (unpaired) electrons. The second-order valence-corrected chi connectivity index (χ2v) is 7.55. The van der Waals surface area contributed by atoms with Crippen molar-refractivity contribution in [3.63, 3.8) is 0 Å². The topological polar surface area (TPSA) is 78.1 Å². The number of carbonyl (C=O) groups is 1. The van der Waals surface area contributed by atoms with Crippen LogP contribution in [-0.2, 0) is 0 Å². The van der Waals surface area contributed by atoms with E-state index in [0.717, 1.165) is 18.5 Å². The summed E-state index contributed by atoms with van der Waals surface area (Å²) >= 11 is 6.29. The number of aromatic amines is 1. The van der Waals surface area contributed by atoms with Crippen LogP contribution in [0.15, 0.2) is 35.3 Å². The fourth-order valence-corrected chi connectivity index (χ4v) is 3.83. The number of anilines is 2. The molecule has 3 rings (SSSR count). The van der Waals surface area contributed by atoms with Crippen molar-refractivity contribution >= 4 is 29.0 Å². The van der Waals surface area contributed by atoms with Gasteiger partial charge in [-0.1, -0.05) is 30.9 Å². The molecule has 1 fully saturated rings. The third-order valence-corrected chi connectivity index (χ3v) is 5.65. The number of rotatable bonds is 5. The molecule has 1 aromatic heterocycles. The highest BCUT2D eigenvalue weighted by Crippen LogP contribution is 2.28. The van der Waals surface area contributed by atoms with E-state index >= 15 is 0 Å². The zero-order valence-corrected chi connectivity index (χ0v) is 16.4. The number of benzene rings is 1. The molecule has 144 valence electrons. The Morgan fingerprint density at radius 1 is 1.30 bits per heavy atom. The molecule has 0 spiro atoms. The first kappa shape index (κ1) is 19.4. The van der Waals surface area contributed by atoms with Crippen LogP contribution in [0.2, 0.25) is 5.02 Å². The van der Waals surface area contributed by atoms with E-state index in [1.54, 1.807) is 30.1 Å². The average molecular weight is 389 g/mol. The van der Waals surface area contributed by atoms with Crippen LogP contribution in [0.1, 0.15) is 49.4 Å². The van der Waals surface area contributed by atoms with Gasteiger partial charge in [-0.25, -0.2) is 9.78 Å². The maximum absolute atomic E-state index is 12.8. The number of amides is 1. The fraction of sp³-hybridized carbons (Fsp3) is 0.450. The van der Waals surface area contributed by atoms with Gasteiger partial charge in [-0.3, -0.25) is 9.78 Å². The molecule has 0 saturated heterocycles. The van der Waals surface area contributed by atoms with E-state index in [0.29, 0.717) is 22.3 Å². The lowest BCUT2D eigenvalue weighted by molar-refractivity contribution is 0.0919. The van der Waals surface area contributed by atoms with Gasteiger partial charge in [0.15, 0.2) is 0 Å². The van der Waals surface area contributed by atoms with Crippen LogP contribution in [0.25, 0.3) is 0 Å². The van der Waals surface area contributed by atoms with Gasteiger partial charge in [0.05, 0.1) is 10.6 Å². The number of carbonyl (C=O) groups excluding carboxylic acids is 1. The first-order chi connectivity index (χ1) is 13.0. The van der Waals surface area contributed by atoms with Crippen LogP contribution in [0.5, 0.6) is 0 Å². The van der Waals surface area contributed by atoms with E-state index in [-0.39, 0.29) is 11.9 Å². The van der Waals surface area contributed by atoms with E-state index < -0.39 is 5.69 Å². The van der Waals surface area contributed by atoms with Gasteiger partial charge < -0.3 is 10.2 Å². The summed E-state index contributed by atoms with van der Waals surface area (Å²) in [5.41, 5.74) is 0.754. The lowest BCUT2D eigenvalue weighted by Crippen LogP contribution is -2.39. The maximum Gasteiger partial charge on any atom is 0.346 e. The van der Waals surface area contributed by atoms with Crippen LogP contribution in [0.3, 0.4) is 0 Å². The van der Waals surface area contributed by atoms with Gasteiger partial charge >= 0.3 is 5.69 Å². The molecule has 1 amide bonds. The SMILES string of the molecule is C[C@@H](NC(=O)c1cc(N(C)c2ccnc(=O)[nH]2)ccc1Cl)C1CCCCC1. The van der Waals surface area contributed by atoms with Crippen LogP contribution in [-0.4, -0.2) is 29.0 Å². The minimum atomic E-state index is -0.424. The first-order valence-corrected chi connectivity index (χ1v) is 9.73. The first-order valence-electron chi connectivity index (χ1n) is 9.35. The minimum Gasteiger partial charge on any atom is -0.349 e. The summed E-state index contributed by atoms with van der Waals surface area (Å²) in [7, 11) is 1.81. The van der Waals surface area contributed by atoms with Crippen LogP contribution in [0, 0.1) is 5.92 Å². The quantitative estimate of drug-likeness (QED) is 0.814. The third kappa shape index (κ3) is 4.69. The van der Waals surface area contributed by atoms with Gasteiger partial charge in [0, 0.05) is 25.0 Å². The molecular formula is C20H25ClN4O2. The van der Waals surface area contributed by atoms with Gasteiger partial charge in [0.25, 0.3) is 5.91 Å². The fourth-order valence-electron chi connectivity index (χ4n) is 3.63. The summed E-state index contributed by atoms with van der Waals surface area (Å²) in [6, 6.07) is 7.06. The summed E-state index contributed by atoms with van der Waals surface area (Å²) in [5, 5.41) is 3.52. The van der Waals surface area contributed by atoms with Crippen molar-refractivity contribution in [3.8, 4) is 0 Å².